The third-order valence-corrected chi connectivity index (χ3v) is 3.20. The van der Waals surface area contributed by atoms with Crippen molar-refractivity contribution in [3.05, 3.63) is 35.6 Å². The summed E-state index contributed by atoms with van der Waals surface area (Å²) in [6, 6.07) is 6.12. The summed E-state index contributed by atoms with van der Waals surface area (Å²) in [6.07, 6.45) is 1.72. The molecule has 0 saturated carbocycles. The molecule has 1 aromatic carbocycles. The fraction of sp³-hybridized carbons (Fsp3) is 0.500. The molecule has 1 heterocycles. The molecule has 1 aromatic rings. The summed E-state index contributed by atoms with van der Waals surface area (Å²) in [5.74, 6) is -0.697. The highest BCUT2D eigenvalue weighted by atomic mass is 19.1. The molecule has 1 aliphatic heterocycles. The molecule has 1 aliphatic rings. The van der Waals surface area contributed by atoms with E-state index >= 15 is 0 Å². The molecule has 0 N–H and O–H groups in total. The predicted molar refractivity (Wildman–Crippen MR) is 67.0 cm³/mol. The van der Waals surface area contributed by atoms with Crippen LogP contribution in [0.3, 0.4) is 0 Å². The third kappa shape index (κ3) is 2.88. The van der Waals surface area contributed by atoms with Gasteiger partial charge in [0, 0.05) is 19.7 Å². The summed E-state index contributed by atoms with van der Waals surface area (Å²) >= 11 is 0. The average Bonchev–Trinajstić information content (AvgIpc) is 2.64. The van der Waals surface area contributed by atoms with Gasteiger partial charge in [0.15, 0.2) is 0 Å². The molecule has 0 radical (unpaired) electrons. The Hall–Kier alpha value is -1.42. The number of halogens is 1. The van der Waals surface area contributed by atoms with Crippen LogP contribution in [0.1, 0.15) is 30.1 Å². The number of hydrogen-bond acceptors (Lipinski definition) is 2. The van der Waals surface area contributed by atoms with E-state index in [4.69, 9.17) is 4.74 Å². The number of benzene rings is 1. The van der Waals surface area contributed by atoms with Gasteiger partial charge in [-0.3, -0.25) is 4.79 Å². The molecule has 1 saturated heterocycles. The Morgan fingerprint density at radius 2 is 2.28 bits per heavy atom. The number of carbonyl (C=O) groups excluding carboxylic acids is 1. The van der Waals surface area contributed by atoms with Gasteiger partial charge in [-0.05, 0) is 25.0 Å². The molecular weight excluding hydrogens is 233 g/mol. The summed E-state index contributed by atoms with van der Waals surface area (Å²) in [5.41, 5.74) is 0.147. The molecule has 4 heteroatoms. The SMILES string of the molecule is CCC1CN(C(=O)c2ccccc2F)CCCO1. The standard InChI is InChI=1S/C14H18FNO2/c1-2-11-10-16(8-5-9-18-11)14(17)12-6-3-4-7-13(12)15/h3-4,6-7,11H,2,5,8-10H2,1H3. The van der Waals surface area contributed by atoms with Gasteiger partial charge in [0.1, 0.15) is 5.82 Å². The second kappa shape index (κ2) is 5.96. The van der Waals surface area contributed by atoms with Crippen molar-refractivity contribution in [3.63, 3.8) is 0 Å². The predicted octanol–water partition coefficient (Wildman–Crippen LogP) is 2.47. The van der Waals surface area contributed by atoms with E-state index in [-0.39, 0.29) is 17.6 Å². The molecular formula is C14H18FNO2. The number of carbonyl (C=O) groups is 1. The lowest BCUT2D eigenvalue weighted by atomic mass is 10.1. The normalized spacial score (nSPS) is 20.6. The maximum atomic E-state index is 13.6. The van der Waals surface area contributed by atoms with Gasteiger partial charge in [0.2, 0.25) is 0 Å². The Morgan fingerprint density at radius 3 is 3.00 bits per heavy atom. The molecule has 2 rings (SSSR count). The summed E-state index contributed by atoms with van der Waals surface area (Å²) in [4.78, 5) is 14.0. The number of nitrogens with zero attached hydrogens (tertiary/aromatic N) is 1. The van der Waals surface area contributed by atoms with E-state index in [2.05, 4.69) is 0 Å². The van der Waals surface area contributed by atoms with Crippen molar-refractivity contribution in [2.45, 2.75) is 25.9 Å². The molecule has 1 atom stereocenters. The van der Waals surface area contributed by atoms with Gasteiger partial charge in [-0.2, -0.15) is 0 Å². The minimum atomic E-state index is -0.458. The maximum Gasteiger partial charge on any atom is 0.256 e. The summed E-state index contributed by atoms with van der Waals surface area (Å²) in [6.45, 7) is 3.87. The van der Waals surface area contributed by atoms with Gasteiger partial charge in [0.25, 0.3) is 5.91 Å². The van der Waals surface area contributed by atoms with E-state index in [1.165, 1.54) is 12.1 Å². The fourth-order valence-corrected chi connectivity index (χ4v) is 2.13. The van der Waals surface area contributed by atoms with E-state index in [0.29, 0.717) is 19.7 Å². The largest absolute Gasteiger partial charge is 0.376 e. The first-order valence-corrected chi connectivity index (χ1v) is 6.37. The van der Waals surface area contributed by atoms with E-state index in [9.17, 15) is 9.18 Å². The Bertz CT molecular complexity index is 422. The van der Waals surface area contributed by atoms with Crippen LogP contribution in [0.15, 0.2) is 24.3 Å². The molecule has 0 aliphatic carbocycles. The van der Waals surface area contributed by atoms with Crippen molar-refractivity contribution in [1.82, 2.24) is 4.90 Å². The lowest BCUT2D eigenvalue weighted by Gasteiger charge is -2.23. The first-order valence-electron chi connectivity index (χ1n) is 6.37. The van der Waals surface area contributed by atoms with Crippen LogP contribution in [0.25, 0.3) is 0 Å². The Morgan fingerprint density at radius 1 is 1.50 bits per heavy atom. The lowest BCUT2D eigenvalue weighted by Crippen LogP contribution is -2.37. The van der Waals surface area contributed by atoms with Crippen LogP contribution in [0.2, 0.25) is 0 Å². The Kier molecular flexibility index (Phi) is 4.31. The average molecular weight is 251 g/mol. The summed E-state index contributed by atoms with van der Waals surface area (Å²) in [7, 11) is 0. The van der Waals surface area contributed by atoms with Crippen molar-refractivity contribution in [3.8, 4) is 0 Å². The van der Waals surface area contributed by atoms with E-state index in [1.54, 1.807) is 17.0 Å². The molecule has 98 valence electrons. The molecule has 3 nitrogen and oxygen atoms in total. The molecule has 0 spiro atoms. The fourth-order valence-electron chi connectivity index (χ4n) is 2.13. The van der Waals surface area contributed by atoms with Crippen molar-refractivity contribution in [1.29, 1.82) is 0 Å². The van der Waals surface area contributed by atoms with Gasteiger partial charge in [0.05, 0.1) is 11.7 Å². The minimum absolute atomic E-state index is 0.0585. The smallest absolute Gasteiger partial charge is 0.256 e. The number of hydrogen-bond donors (Lipinski definition) is 0. The Labute approximate surface area is 107 Å². The van der Waals surface area contributed by atoms with Crippen molar-refractivity contribution in [2.75, 3.05) is 19.7 Å². The Balaban J connectivity index is 2.15. The lowest BCUT2D eigenvalue weighted by molar-refractivity contribution is 0.0458. The minimum Gasteiger partial charge on any atom is -0.376 e. The number of ether oxygens (including phenoxy) is 1. The zero-order chi connectivity index (χ0) is 13.0. The molecule has 1 fully saturated rings. The molecule has 0 aromatic heterocycles. The quantitative estimate of drug-likeness (QED) is 0.808. The van der Waals surface area contributed by atoms with Crippen LogP contribution >= 0.6 is 0 Å². The highest BCUT2D eigenvalue weighted by Gasteiger charge is 2.23. The number of amides is 1. The van der Waals surface area contributed by atoms with Crippen LogP contribution in [0.5, 0.6) is 0 Å². The second-order valence-corrected chi connectivity index (χ2v) is 4.49. The van der Waals surface area contributed by atoms with Gasteiger partial charge in [-0.1, -0.05) is 19.1 Å². The first-order chi connectivity index (χ1) is 8.72. The van der Waals surface area contributed by atoms with Crippen LogP contribution in [-0.4, -0.2) is 36.6 Å². The molecule has 1 unspecified atom stereocenters. The zero-order valence-corrected chi connectivity index (χ0v) is 10.6. The number of rotatable bonds is 2. The highest BCUT2D eigenvalue weighted by Crippen LogP contribution is 2.14. The summed E-state index contributed by atoms with van der Waals surface area (Å²) in [5, 5.41) is 0. The van der Waals surface area contributed by atoms with Gasteiger partial charge in [-0.25, -0.2) is 4.39 Å². The topological polar surface area (TPSA) is 29.5 Å². The first kappa shape index (κ1) is 13.0. The van der Waals surface area contributed by atoms with Crippen molar-refractivity contribution < 1.29 is 13.9 Å². The van der Waals surface area contributed by atoms with E-state index < -0.39 is 5.82 Å². The van der Waals surface area contributed by atoms with Crippen molar-refractivity contribution >= 4 is 5.91 Å². The highest BCUT2D eigenvalue weighted by molar-refractivity contribution is 5.94. The van der Waals surface area contributed by atoms with E-state index in [0.717, 1.165) is 12.8 Å². The molecule has 1 amide bonds. The van der Waals surface area contributed by atoms with Crippen molar-refractivity contribution in [2.24, 2.45) is 0 Å². The second-order valence-electron chi connectivity index (χ2n) is 4.49. The molecule has 18 heavy (non-hydrogen) atoms. The zero-order valence-electron chi connectivity index (χ0n) is 10.6. The van der Waals surface area contributed by atoms with Crippen LogP contribution < -0.4 is 0 Å². The van der Waals surface area contributed by atoms with Crippen LogP contribution in [-0.2, 0) is 4.74 Å². The van der Waals surface area contributed by atoms with Gasteiger partial charge in [-0.15, -0.1) is 0 Å². The van der Waals surface area contributed by atoms with Gasteiger partial charge >= 0.3 is 0 Å². The maximum absolute atomic E-state index is 13.6. The van der Waals surface area contributed by atoms with Gasteiger partial charge < -0.3 is 9.64 Å². The molecule has 0 bridgehead atoms. The summed E-state index contributed by atoms with van der Waals surface area (Å²) < 4.78 is 19.2. The third-order valence-electron chi connectivity index (χ3n) is 3.20. The van der Waals surface area contributed by atoms with E-state index in [1.807, 2.05) is 6.92 Å². The monoisotopic (exact) mass is 251 g/mol. The van der Waals surface area contributed by atoms with Crippen LogP contribution in [0, 0.1) is 5.82 Å². The van der Waals surface area contributed by atoms with Crippen LogP contribution in [0.4, 0.5) is 4.39 Å².